The summed E-state index contributed by atoms with van der Waals surface area (Å²) < 4.78 is 56.9. The van der Waals surface area contributed by atoms with Crippen molar-refractivity contribution in [1.29, 1.82) is 0 Å². The Kier molecular flexibility index (Phi) is 5.56. The Labute approximate surface area is 179 Å². The van der Waals surface area contributed by atoms with Crippen molar-refractivity contribution in [2.24, 2.45) is 0 Å². The average molecular weight is 444 g/mol. The molecule has 0 amide bonds. The first-order valence-electron chi connectivity index (χ1n) is 9.36. The van der Waals surface area contributed by atoms with Gasteiger partial charge in [-0.15, -0.1) is 0 Å². The Morgan fingerprint density at radius 2 is 1.72 bits per heavy atom. The molecule has 0 saturated carbocycles. The van der Waals surface area contributed by atoms with Crippen LogP contribution in [0, 0.1) is 5.82 Å². The van der Waals surface area contributed by atoms with Crippen LogP contribution in [0.3, 0.4) is 0 Å². The number of anilines is 1. The number of alkyl halides is 3. The molecule has 0 spiro atoms. The second kappa shape index (κ2) is 8.33. The lowest BCUT2D eigenvalue weighted by atomic mass is 10.1. The quantitative estimate of drug-likeness (QED) is 0.442. The molecule has 0 aliphatic carbocycles. The van der Waals surface area contributed by atoms with E-state index in [0.29, 0.717) is 39.3 Å². The molecule has 3 heterocycles. The third-order valence-corrected chi connectivity index (χ3v) is 4.73. The Morgan fingerprint density at radius 1 is 0.969 bits per heavy atom. The molecule has 3 aromatic heterocycles. The third-order valence-electron chi connectivity index (χ3n) is 4.73. The van der Waals surface area contributed by atoms with Crippen LogP contribution in [0.1, 0.15) is 24.4 Å². The van der Waals surface area contributed by atoms with Crippen molar-refractivity contribution < 1.29 is 22.3 Å². The minimum Gasteiger partial charge on any atom is -0.494 e. The molecule has 0 saturated heterocycles. The number of methoxy groups -OCH3 is 1. The molecular formula is C21H16F4N6O. The maximum absolute atomic E-state index is 13.3. The minimum absolute atomic E-state index is 0.421. The van der Waals surface area contributed by atoms with Gasteiger partial charge in [-0.1, -0.05) is 0 Å². The van der Waals surface area contributed by atoms with Crippen LogP contribution in [0.2, 0.25) is 0 Å². The summed E-state index contributed by atoms with van der Waals surface area (Å²) in [6.45, 7) is 1.74. The number of aromatic nitrogens is 5. The number of ether oxygens (including phenoxy) is 1. The Morgan fingerprint density at radius 3 is 2.34 bits per heavy atom. The van der Waals surface area contributed by atoms with E-state index in [1.54, 1.807) is 19.1 Å². The molecule has 0 unspecified atom stereocenters. The maximum Gasteiger partial charge on any atom is 0.451 e. The molecule has 0 fully saturated rings. The number of hydrogen-bond donors (Lipinski definition) is 1. The van der Waals surface area contributed by atoms with E-state index in [0.717, 1.165) is 18.6 Å². The monoisotopic (exact) mass is 444 g/mol. The van der Waals surface area contributed by atoms with Gasteiger partial charge in [0, 0.05) is 28.9 Å². The summed E-state index contributed by atoms with van der Waals surface area (Å²) in [5, 5.41) is 3.74. The van der Waals surface area contributed by atoms with Gasteiger partial charge in [-0.2, -0.15) is 13.2 Å². The van der Waals surface area contributed by atoms with Crippen LogP contribution in [0.4, 0.5) is 23.4 Å². The molecular weight excluding hydrogens is 428 g/mol. The van der Waals surface area contributed by atoms with Crippen molar-refractivity contribution in [2.45, 2.75) is 19.1 Å². The average Bonchev–Trinajstić information content (AvgIpc) is 2.78. The van der Waals surface area contributed by atoms with Crippen LogP contribution in [0.15, 0.2) is 49.2 Å². The molecule has 1 N–H and O–H groups in total. The van der Waals surface area contributed by atoms with E-state index in [1.165, 1.54) is 25.6 Å². The second-order valence-corrected chi connectivity index (χ2v) is 6.86. The van der Waals surface area contributed by atoms with E-state index >= 15 is 0 Å². The van der Waals surface area contributed by atoms with Gasteiger partial charge in [-0.3, -0.25) is 4.98 Å². The Bertz CT molecular complexity index is 1250. The van der Waals surface area contributed by atoms with E-state index in [2.05, 4.69) is 30.2 Å². The fourth-order valence-corrected chi connectivity index (χ4v) is 3.10. The van der Waals surface area contributed by atoms with Crippen molar-refractivity contribution in [2.75, 3.05) is 12.4 Å². The fraction of sp³-hybridized carbons (Fsp3) is 0.190. The van der Waals surface area contributed by atoms with Crippen molar-refractivity contribution in [3.8, 4) is 17.0 Å². The van der Waals surface area contributed by atoms with Gasteiger partial charge in [0.25, 0.3) is 0 Å². The molecule has 164 valence electrons. The number of nitrogens with one attached hydrogen (secondary N) is 1. The molecule has 0 aliphatic rings. The molecule has 4 aromatic rings. The van der Waals surface area contributed by atoms with Gasteiger partial charge < -0.3 is 10.1 Å². The van der Waals surface area contributed by atoms with Crippen LogP contribution < -0.4 is 10.1 Å². The van der Waals surface area contributed by atoms with Gasteiger partial charge in [0.2, 0.25) is 5.82 Å². The smallest absolute Gasteiger partial charge is 0.451 e. The molecule has 1 aromatic carbocycles. The van der Waals surface area contributed by atoms with Gasteiger partial charge in [-0.05, 0) is 31.2 Å². The highest BCUT2D eigenvalue weighted by molar-refractivity contribution is 5.96. The van der Waals surface area contributed by atoms with E-state index in [-0.39, 0.29) is 0 Å². The lowest BCUT2D eigenvalue weighted by molar-refractivity contribution is -0.145. The summed E-state index contributed by atoms with van der Waals surface area (Å²) in [6.07, 6.45) is 0.0777. The van der Waals surface area contributed by atoms with Crippen molar-refractivity contribution in [3.63, 3.8) is 0 Å². The first-order valence-corrected chi connectivity index (χ1v) is 9.36. The summed E-state index contributed by atoms with van der Waals surface area (Å²) >= 11 is 0. The molecule has 11 heteroatoms. The first kappa shape index (κ1) is 21.3. The maximum atomic E-state index is 13.3. The number of nitrogens with zero attached hydrogens (tertiary/aromatic N) is 5. The lowest BCUT2D eigenvalue weighted by Gasteiger charge is -2.17. The summed E-state index contributed by atoms with van der Waals surface area (Å²) in [5.74, 6) is -0.786. The van der Waals surface area contributed by atoms with E-state index in [4.69, 9.17) is 4.74 Å². The summed E-state index contributed by atoms with van der Waals surface area (Å²) in [6, 6.07) is 5.87. The van der Waals surface area contributed by atoms with E-state index in [9.17, 15) is 17.6 Å². The number of rotatable bonds is 5. The molecule has 32 heavy (non-hydrogen) atoms. The molecule has 4 rings (SSSR count). The molecule has 0 aliphatic heterocycles. The van der Waals surface area contributed by atoms with Crippen LogP contribution in [0.5, 0.6) is 5.75 Å². The topological polar surface area (TPSA) is 85.7 Å². The standard InChI is InChI=1S/C21H16F4N6O/c1-11(13-7-27-20(28-8-13)21(23,24)25)31-19-15-5-12(16-4-3-14(22)9-26-16)6-17(32-2)18(15)29-10-30-19/h3-11H,1-2H3,(H,29,30,31)/t11-/m1/s1. The number of hydrogen-bond acceptors (Lipinski definition) is 7. The number of benzene rings is 1. The molecule has 0 bridgehead atoms. The minimum atomic E-state index is -4.61. The number of halogens is 4. The van der Waals surface area contributed by atoms with E-state index in [1.807, 2.05) is 0 Å². The number of pyridine rings is 1. The summed E-state index contributed by atoms with van der Waals surface area (Å²) in [4.78, 5) is 19.4. The van der Waals surface area contributed by atoms with E-state index < -0.39 is 23.9 Å². The fourth-order valence-electron chi connectivity index (χ4n) is 3.10. The SMILES string of the molecule is COc1cc(-c2ccc(F)cn2)cc2c(N[C@H](C)c3cnc(C(F)(F)F)nc3)ncnc12. The Hall–Kier alpha value is -3.89. The second-order valence-electron chi connectivity index (χ2n) is 6.86. The van der Waals surface area contributed by atoms with Crippen molar-refractivity contribution in [1.82, 2.24) is 24.9 Å². The van der Waals surface area contributed by atoms with Gasteiger partial charge in [0.1, 0.15) is 29.2 Å². The first-order chi connectivity index (χ1) is 15.3. The lowest BCUT2D eigenvalue weighted by Crippen LogP contribution is -2.14. The highest BCUT2D eigenvalue weighted by Gasteiger charge is 2.34. The van der Waals surface area contributed by atoms with Crippen molar-refractivity contribution in [3.05, 3.63) is 66.4 Å². The summed E-state index contributed by atoms with van der Waals surface area (Å²) in [7, 11) is 1.49. The van der Waals surface area contributed by atoms with Crippen LogP contribution in [0.25, 0.3) is 22.2 Å². The predicted molar refractivity (Wildman–Crippen MR) is 108 cm³/mol. The zero-order valence-corrected chi connectivity index (χ0v) is 16.9. The van der Waals surface area contributed by atoms with Crippen LogP contribution in [-0.2, 0) is 6.18 Å². The molecule has 1 atom stereocenters. The largest absolute Gasteiger partial charge is 0.494 e. The van der Waals surface area contributed by atoms with Gasteiger partial charge in [-0.25, -0.2) is 24.3 Å². The Balaban J connectivity index is 1.72. The van der Waals surface area contributed by atoms with Gasteiger partial charge >= 0.3 is 6.18 Å². The molecule has 7 nitrogen and oxygen atoms in total. The van der Waals surface area contributed by atoms with Gasteiger partial charge in [0.15, 0.2) is 0 Å². The highest BCUT2D eigenvalue weighted by atomic mass is 19.4. The zero-order chi connectivity index (χ0) is 22.9. The predicted octanol–water partition coefficient (Wildman–Crippen LogP) is 4.82. The van der Waals surface area contributed by atoms with Crippen molar-refractivity contribution >= 4 is 16.7 Å². The number of fused-ring (bicyclic) bond motifs is 1. The normalized spacial score (nSPS) is 12.6. The zero-order valence-electron chi connectivity index (χ0n) is 16.9. The molecule has 0 radical (unpaired) electrons. The van der Waals surface area contributed by atoms with Crippen LogP contribution >= 0.6 is 0 Å². The highest BCUT2D eigenvalue weighted by Crippen LogP contribution is 2.34. The third kappa shape index (κ3) is 4.27. The summed E-state index contributed by atoms with van der Waals surface area (Å²) in [5.41, 5.74) is 2.13. The van der Waals surface area contributed by atoms with Gasteiger partial charge in [0.05, 0.1) is 25.0 Å². The van der Waals surface area contributed by atoms with Crippen LogP contribution in [-0.4, -0.2) is 32.0 Å².